The van der Waals surface area contributed by atoms with Crippen LogP contribution in [0.5, 0.6) is 0 Å². The second-order valence-corrected chi connectivity index (χ2v) is 11.3. The molecule has 3 rings (SSSR count). The molecule has 2 aliphatic heterocycles. The van der Waals surface area contributed by atoms with Crippen LogP contribution in [-0.4, -0.2) is 78.9 Å². The third kappa shape index (κ3) is 7.19. The summed E-state index contributed by atoms with van der Waals surface area (Å²) in [4.78, 5) is 0. The Bertz CT molecular complexity index is 945. The molecule has 0 aromatic heterocycles. The minimum atomic E-state index is -3.94. The van der Waals surface area contributed by atoms with E-state index >= 15 is 0 Å². The monoisotopic (exact) mass is 480 g/mol. The van der Waals surface area contributed by atoms with Gasteiger partial charge in [0.1, 0.15) is 30.5 Å². The van der Waals surface area contributed by atoms with Gasteiger partial charge in [-0.05, 0) is 19.4 Å². The molecule has 1 aromatic rings. The van der Waals surface area contributed by atoms with Gasteiger partial charge in [-0.15, -0.1) is 0 Å². The van der Waals surface area contributed by atoms with Crippen LogP contribution >= 0.6 is 0 Å². The fourth-order valence-corrected chi connectivity index (χ4v) is 4.60. The Hall–Kier alpha value is -1.12. The predicted octanol–water partition coefficient (Wildman–Crippen LogP) is 0.812. The topological polar surface area (TPSA) is 124 Å². The van der Waals surface area contributed by atoms with Gasteiger partial charge in [-0.3, -0.25) is 8.37 Å². The third-order valence-electron chi connectivity index (χ3n) is 4.69. The van der Waals surface area contributed by atoms with E-state index in [9.17, 15) is 16.8 Å². The molecule has 2 saturated heterocycles. The largest absolute Gasteiger partial charge is 0.374 e. The van der Waals surface area contributed by atoms with Crippen LogP contribution in [-0.2, 0) is 54.2 Å². The van der Waals surface area contributed by atoms with Gasteiger partial charge in [0.25, 0.3) is 20.2 Å². The van der Waals surface area contributed by atoms with E-state index in [4.69, 9.17) is 27.3 Å². The summed E-state index contributed by atoms with van der Waals surface area (Å²) in [6.45, 7) is 3.41. The van der Waals surface area contributed by atoms with E-state index < -0.39 is 63.2 Å². The van der Waals surface area contributed by atoms with Crippen molar-refractivity contribution in [2.24, 2.45) is 0 Å². The second kappa shape index (κ2) is 9.40. The van der Waals surface area contributed by atoms with Crippen LogP contribution in [0.3, 0.4) is 0 Å². The zero-order valence-corrected chi connectivity index (χ0v) is 19.4. The van der Waals surface area contributed by atoms with Crippen molar-refractivity contribution >= 4 is 20.2 Å². The third-order valence-corrected chi connectivity index (χ3v) is 5.85. The zero-order chi connectivity index (χ0) is 22.9. The van der Waals surface area contributed by atoms with Gasteiger partial charge in [-0.1, -0.05) is 30.3 Å². The first-order valence-corrected chi connectivity index (χ1v) is 13.3. The van der Waals surface area contributed by atoms with Crippen LogP contribution in [0.4, 0.5) is 0 Å². The van der Waals surface area contributed by atoms with Gasteiger partial charge in [0, 0.05) is 0 Å². The quantitative estimate of drug-likeness (QED) is 0.444. The average molecular weight is 481 g/mol. The molecule has 0 unspecified atom stereocenters. The molecule has 0 radical (unpaired) electrons. The summed E-state index contributed by atoms with van der Waals surface area (Å²) in [6.07, 6.45) is -2.31. The van der Waals surface area contributed by atoms with Crippen LogP contribution in [0, 0.1) is 0 Å². The SMILES string of the molecule is CC1(C)O[C@@H]2[C@H](O1)[C@@H](COCc1ccccc1)O[C@@H]2[C@@H](COS(C)(=O)=O)OS(C)(=O)=O. The first-order chi connectivity index (χ1) is 14.3. The summed E-state index contributed by atoms with van der Waals surface area (Å²) in [5.41, 5.74) is 0.984. The molecule has 5 atom stereocenters. The van der Waals surface area contributed by atoms with Crippen molar-refractivity contribution in [3.05, 3.63) is 35.9 Å². The fourth-order valence-electron chi connectivity index (χ4n) is 3.61. The van der Waals surface area contributed by atoms with Crippen molar-refractivity contribution in [3.8, 4) is 0 Å². The highest BCUT2D eigenvalue weighted by Crippen LogP contribution is 2.40. The van der Waals surface area contributed by atoms with E-state index in [2.05, 4.69) is 0 Å². The molecule has 176 valence electrons. The van der Waals surface area contributed by atoms with Crippen molar-refractivity contribution in [2.45, 2.75) is 56.8 Å². The van der Waals surface area contributed by atoms with E-state index in [1.165, 1.54) is 0 Å². The highest BCUT2D eigenvalue weighted by Gasteiger charge is 2.57. The minimum absolute atomic E-state index is 0.157. The molecule has 0 amide bonds. The Balaban J connectivity index is 1.74. The molecule has 0 aliphatic carbocycles. The second-order valence-electron chi connectivity index (χ2n) is 8.03. The summed E-state index contributed by atoms with van der Waals surface area (Å²) in [7, 11) is -7.77. The van der Waals surface area contributed by atoms with Gasteiger partial charge in [0.05, 0.1) is 32.3 Å². The molecule has 1 aromatic carbocycles. The Kier molecular flexibility index (Phi) is 7.43. The molecule has 31 heavy (non-hydrogen) atoms. The predicted molar refractivity (Wildman–Crippen MR) is 109 cm³/mol. The number of hydrogen-bond acceptors (Lipinski definition) is 10. The molecule has 12 heteroatoms. The van der Waals surface area contributed by atoms with Crippen molar-refractivity contribution in [3.63, 3.8) is 0 Å². The Morgan fingerprint density at radius 3 is 2.26 bits per heavy atom. The molecule has 2 aliphatic rings. The Labute approximate surface area is 183 Å². The summed E-state index contributed by atoms with van der Waals surface area (Å²) in [5, 5.41) is 0. The first-order valence-electron chi connectivity index (χ1n) is 9.68. The fraction of sp³-hybridized carbons (Fsp3) is 0.684. The molecule has 0 spiro atoms. The van der Waals surface area contributed by atoms with Gasteiger partial charge in [-0.2, -0.15) is 16.8 Å². The van der Waals surface area contributed by atoms with Crippen LogP contribution < -0.4 is 0 Å². The summed E-state index contributed by atoms with van der Waals surface area (Å²) >= 11 is 0. The zero-order valence-electron chi connectivity index (χ0n) is 17.8. The molecular formula is C19H28O10S2. The van der Waals surface area contributed by atoms with Gasteiger partial charge >= 0.3 is 0 Å². The highest BCUT2D eigenvalue weighted by atomic mass is 32.2. The van der Waals surface area contributed by atoms with E-state index in [0.717, 1.165) is 18.1 Å². The molecule has 2 fully saturated rings. The van der Waals surface area contributed by atoms with E-state index in [-0.39, 0.29) is 6.61 Å². The lowest BCUT2D eigenvalue weighted by atomic mass is 10.0. The number of hydrogen-bond donors (Lipinski definition) is 0. The van der Waals surface area contributed by atoms with Crippen molar-refractivity contribution in [2.75, 3.05) is 25.7 Å². The van der Waals surface area contributed by atoms with Crippen LogP contribution in [0.2, 0.25) is 0 Å². The van der Waals surface area contributed by atoms with Crippen LogP contribution in [0.25, 0.3) is 0 Å². The maximum Gasteiger partial charge on any atom is 0.264 e. The van der Waals surface area contributed by atoms with Crippen LogP contribution in [0.1, 0.15) is 19.4 Å². The van der Waals surface area contributed by atoms with Gasteiger partial charge in [-0.25, -0.2) is 0 Å². The van der Waals surface area contributed by atoms with E-state index in [1.807, 2.05) is 30.3 Å². The minimum Gasteiger partial charge on any atom is -0.374 e. The molecule has 10 nitrogen and oxygen atoms in total. The lowest BCUT2D eigenvalue weighted by Crippen LogP contribution is -2.43. The molecule has 0 saturated carbocycles. The van der Waals surface area contributed by atoms with Crippen molar-refractivity contribution in [1.82, 2.24) is 0 Å². The molecule has 2 heterocycles. The Morgan fingerprint density at radius 1 is 1.00 bits per heavy atom. The van der Waals surface area contributed by atoms with Crippen LogP contribution in [0.15, 0.2) is 30.3 Å². The number of ether oxygens (including phenoxy) is 4. The number of rotatable bonds is 10. The summed E-state index contributed by atoms with van der Waals surface area (Å²) in [5.74, 6) is -0.942. The highest BCUT2D eigenvalue weighted by molar-refractivity contribution is 7.86. The number of benzene rings is 1. The van der Waals surface area contributed by atoms with Gasteiger partial charge in [0.2, 0.25) is 0 Å². The van der Waals surface area contributed by atoms with Crippen molar-refractivity contribution < 1.29 is 44.1 Å². The molecule has 0 bridgehead atoms. The Morgan fingerprint density at radius 2 is 1.65 bits per heavy atom. The molecule has 0 N–H and O–H groups in total. The maximum atomic E-state index is 11.8. The first kappa shape index (κ1) is 24.5. The number of fused-ring (bicyclic) bond motifs is 1. The van der Waals surface area contributed by atoms with E-state index in [1.54, 1.807) is 13.8 Å². The lowest BCUT2D eigenvalue weighted by molar-refractivity contribution is -0.202. The van der Waals surface area contributed by atoms with E-state index in [0.29, 0.717) is 6.61 Å². The summed E-state index contributed by atoms with van der Waals surface area (Å²) in [6, 6.07) is 9.57. The normalized spacial score (nSPS) is 29.0. The van der Waals surface area contributed by atoms with Crippen molar-refractivity contribution in [1.29, 1.82) is 0 Å². The maximum absolute atomic E-state index is 11.8. The summed E-state index contributed by atoms with van der Waals surface area (Å²) < 4.78 is 80.0. The molecular weight excluding hydrogens is 452 g/mol. The standard InChI is InChI=1S/C19H28O10S2/c1-19(2)27-17-14(11-24-10-13-8-6-5-7-9-13)26-16(18(17)28-19)15(29-31(4,22)23)12-25-30(3,20)21/h5-9,14-18H,10-12H2,1-4H3/t14-,15-,16-,17-,18+/m1/s1. The lowest BCUT2D eigenvalue weighted by Gasteiger charge is -2.28. The average Bonchev–Trinajstić information content (AvgIpc) is 3.12. The smallest absolute Gasteiger partial charge is 0.264 e. The van der Waals surface area contributed by atoms with Gasteiger partial charge < -0.3 is 18.9 Å². The van der Waals surface area contributed by atoms with Gasteiger partial charge in [0.15, 0.2) is 5.79 Å².